The summed E-state index contributed by atoms with van der Waals surface area (Å²) in [7, 11) is 0. The van der Waals surface area contributed by atoms with Crippen molar-refractivity contribution < 1.29 is 9.59 Å². The maximum absolute atomic E-state index is 13.2. The van der Waals surface area contributed by atoms with Gasteiger partial charge in [0.05, 0.1) is 17.8 Å². The van der Waals surface area contributed by atoms with Crippen LogP contribution in [0.2, 0.25) is 0 Å². The second kappa shape index (κ2) is 6.61. The predicted molar refractivity (Wildman–Crippen MR) is 101 cm³/mol. The molecule has 0 aliphatic carbocycles. The van der Waals surface area contributed by atoms with Gasteiger partial charge in [0.25, 0.3) is 5.91 Å². The van der Waals surface area contributed by atoms with E-state index < -0.39 is 5.41 Å². The van der Waals surface area contributed by atoms with Crippen LogP contribution in [-0.2, 0) is 16.1 Å². The zero-order chi connectivity index (χ0) is 18.9. The lowest BCUT2D eigenvalue weighted by molar-refractivity contribution is -0.122. The molecule has 2 aromatic carbocycles. The molecule has 4 heteroatoms. The number of hydrogen-bond acceptors (Lipinski definition) is 3. The van der Waals surface area contributed by atoms with Crippen LogP contribution in [0.4, 0.5) is 5.69 Å². The normalized spacial score (nSPS) is 15.5. The molecule has 130 valence electrons. The fourth-order valence-electron chi connectivity index (χ4n) is 3.04. The third-order valence-electron chi connectivity index (χ3n) is 4.38. The number of carbonyl (C=O) groups is 2. The minimum atomic E-state index is -0.736. The number of carbonyl (C=O) groups excluding carboxylic acids is 2. The van der Waals surface area contributed by atoms with E-state index >= 15 is 0 Å². The van der Waals surface area contributed by atoms with Crippen LogP contribution >= 0.6 is 0 Å². The van der Waals surface area contributed by atoms with Gasteiger partial charge in [0.2, 0.25) is 0 Å². The molecule has 0 bridgehead atoms. The lowest BCUT2D eigenvalue weighted by atomic mass is 9.84. The Morgan fingerprint density at radius 1 is 1.04 bits per heavy atom. The molecule has 0 spiro atoms. The Kier molecular flexibility index (Phi) is 4.48. The predicted octanol–water partition coefficient (Wildman–Crippen LogP) is 4.13. The Bertz CT molecular complexity index is 944. The van der Waals surface area contributed by atoms with E-state index in [4.69, 9.17) is 0 Å². The molecule has 3 rings (SSSR count). The van der Waals surface area contributed by atoms with E-state index in [1.165, 1.54) is 0 Å². The fraction of sp³-hybridized carbons (Fsp3) is 0.227. The number of hydrogen-bond donors (Lipinski definition) is 0. The molecule has 0 saturated heterocycles. The number of ketones is 1. The quantitative estimate of drug-likeness (QED) is 0.621. The van der Waals surface area contributed by atoms with E-state index in [0.717, 1.165) is 11.3 Å². The number of benzene rings is 2. The highest BCUT2D eigenvalue weighted by Gasteiger charge is 2.38. The van der Waals surface area contributed by atoms with Crippen molar-refractivity contribution in [2.24, 2.45) is 5.41 Å². The van der Waals surface area contributed by atoms with Crippen molar-refractivity contribution >= 4 is 23.0 Å². The Labute approximate surface area is 153 Å². The number of para-hydroxylation sites is 1. The molecule has 0 aromatic heterocycles. The summed E-state index contributed by atoms with van der Waals surface area (Å²) >= 11 is 0. The molecule has 2 aromatic rings. The van der Waals surface area contributed by atoms with Gasteiger partial charge < -0.3 is 4.90 Å². The van der Waals surface area contributed by atoms with Crippen molar-refractivity contribution in [1.29, 1.82) is 5.26 Å². The van der Waals surface area contributed by atoms with E-state index in [9.17, 15) is 14.9 Å². The molecule has 0 radical (unpaired) electrons. The van der Waals surface area contributed by atoms with Crippen LogP contribution in [-0.4, -0.2) is 11.7 Å². The molecule has 1 aliphatic heterocycles. The van der Waals surface area contributed by atoms with Crippen molar-refractivity contribution in [2.75, 3.05) is 4.90 Å². The third kappa shape index (κ3) is 3.04. The summed E-state index contributed by atoms with van der Waals surface area (Å²) in [6.07, 6.45) is 0. The summed E-state index contributed by atoms with van der Waals surface area (Å²) in [5.74, 6) is -0.621. The largest absolute Gasteiger partial charge is 0.303 e. The van der Waals surface area contributed by atoms with Gasteiger partial charge in [-0.05, 0) is 11.6 Å². The number of nitrogens with zero attached hydrogens (tertiary/aromatic N) is 2. The monoisotopic (exact) mass is 344 g/mol. The molecule has 1 heterocycles. The van der Waals surface area contributed by atoms with E-state index in [0.29, 0.717) is 12.1 Å². The lowest BCUT2D eigenvalue weighted by Gasteiger charge is -2.18. The van der Waals surface area contributed by atoms with Gasteiger partial charge in [-0.3, -0.25) is 9.59 Å². The Balaban J connectivity index is 2.14. The smallest absolute Gasteiger partial charge is 0.260 e. The molecular weight excluding hydrogens is 324 g/mol. The Morgan fingerprint density at radius 2 is 1.65 bits per heavy atom. The summed E-state index contributed by atoms with van der Waals surface area (Å²) in [6.45, 7) is 5.64. The highest BCUT2D eigenvalue weighted by molar-refractivity contribution is 6.37. The number of amides is 1. The van der Waals surface area contributed by atoms with Crippen molar-refractivity contribution in [3.63, 3.8) is 0 Å². The Morgan fingerprint density at radius 3 is 2.27 bits per heavy atom. The average Bonchev–Trinajstić information content (AvgIpc) is 2.89. The highest BCUT2D eigenvalue weighted by Crippen LogP contribution is 2.40. The van der Waals surface area contributed by atoms with Crippen LogP contribution < -0.4 is 4.90 Å². The van der Waals surface area contributed by atoms with Gasteiger partial charge in [-0.15, -0.1) is 0 Å². The van der Waals surface area contributed by atoms with E-state index in [1.807, 2.05) is 54.6 Å². The maximum atomic E-state index is 13.2. The molecule has 0 saturated carbocycles. The summed E-state index contributed by atoms with van der Waals surface area (Å²) in [5, 5.41) is 9.64. The first-order valence-electron chi connectivity index (χ1n) is 8.49. The van der Waals surface area contributed by atoms with Crippen LogP contribution in [0.25, 0.3) is 5.57 Å². The number of anilines is 1. The van der Waals surface area contributed by atoms with Crippen LogP contribution in [0.15, 0.2) is 60.2 Å². The zero-order valence-electron chi connectivity index (χ0n) is 15.1. The third-order valence-corrected chi connectivity index (χ3v) is 4.38. The minimum Gasteiger partial charge on any atom is -0.303 e. The van der Waals surface area contributed by atoms with Crippen molar-refractivity contribution in [2.45, 2.75) is 27.3 Å². The van der Waals surface area contributed by atoms with Gasteiger partial charge in [0.1, 0.15) is 11.6 Å². The first-order chi connectivity index (χ1) is 12.3. The van der Waals surface area contributed by atoms with Crippen molar-refractivity contribution in [3.8, 4) is 6.07 Å². The molecule has 26 heavy (non-hydrogen) atoms. The van der Waals surface area contributed by atoms with Crippen LogP contribution in [0.1, 0.15) is 31.9 Å². The number of fused-ring (bicyclic) bond motifs is 1. The number of nitriles is 1. The molecule has 0 unspecified atom stereocenters. The number of rotatable bonds is 3. The van der Waals surface area contributed by atoms with Gasteiger partial charge in [-0.25, -0.2) is 0 Å². The topological polar surface area (TPSA) is 61.2 Å². The molecule has 1 aliphatic rings. The van der Waals surface area contributed by atoms with E-state index in [2.05, 4.69) is 0 Å². The van der Waals surface area contributed by atoms with Crippen LogP contribution in [0.3, 0.4) is 0 Å². The molecular formula is C22H20N2O2. The summed E-state index contributed by atoms with van der Waals surface area (Å²) in [6, 6.07) is 18.9. The van der Waals surface area contributed by atoms with Gasteiger partial charge in [0, 0.05) is 11.0 Å². The van der Waals surface area contributed by atoms with Crippen molar-refractivity contribution in [1.82, 2.24) is 0 Å². The minimum absolute atomic E-state index is 0.0643. The summed E-state index contributed by atoms with van der Waals surface area (Å²) < 4.78 is 0. The molecule has 4 nitrogen and oxygen atoms in total. The van der Waals surface area contributed by atoms with Crippen LogP contribution in [0.5, 0.6) is 0 Å². The molecule has 1 amide bonds. The van der Waals surface area contributed by atoms with E-state index in [-0.39, 0.29) is 22.8 Å². The number of Topliss-reactive ketones (excluding diaryl/α,β-unsaturated/α-hetero) is 1. The Hall–Kier alpha value is -3.19. The van der Waals surface area contributed by atoms with Gasteiger partial charge in [-0.1, -0.05) is 69.3 Å². The average molecular weight is 344 g/mol. The van der Waals surface area contributed by atoms with Gasteiger partial charge >= 0.3 is 0 Å². The summed E-state index contributed by atoms with van der Waals surface area (Å²) in [4.78, 5) is 27.5. The van der Waals surface area contributed by atoms with E-state index in [1.54, 1.807) is 31.7 Å². The fourth-order valence-corrected chi connectivity index (χ4v) is 3.04. The second-order valence-corrected chi connectivity index (χ2v) is 7.33. The van der Waals surface area contributed by atoms with Crippen molar-refractivity contribution in [3.05, 3.63) is 71.3 Å². The summed E-state index contributed by atoms with van der Waals surface area (Å²) in [5.41, 5.74) is 1.76. The number of allylic oxidation sites excluding steroid dienone is 1. The zero-order valence-corrected chi connectivity index (χ0v) is 15.1. The SMILES string of the molecule is CC(C)(C)C(=O)/C(C#N)=C1/C(=O)N(Cc2ccccc2)c2ccccc21. The molecule has 0 N–H and O–H groups in total. The van der Waals surface area contributed by atoms with Crippen LogP contribution in [0, 0.1) is 16.7 Å². The first kappa shape index (κ1) is 17.6. The maximum Gasteiger partial charge on any atom is 0.260 e. The molecule has 0 atom stereocenters. The second-order valence-electron chi connectivity index (χ2n) is 7.33. The standard InChI is InChI=1S/C22H20N2O2/c1-22(2,3)20(25)17(13-23)19-16-11-7-8-12-18(16)24(21(19)26)14-15-9-5-4-6-10-15/h4-12H,14H2,1-3H3/b19-17+. The highest BCUT2D eigenvalue weighted by atomic mass is 16.2. The van der Waals surface area contributed by atoms with Gasteiger partial charge in [0.15, 0.2) is 5.78 Å². The first-order valence-corrected chi connectivity index (χ1v) is 8.49. The molecule has 0 fully saturated rings. The van der Waals surface area contributed by atoms with Gasteiger partial charge in [-0.2, -0.15) is 5.26 Å². The lowest BCUT2D eigenvalue weighted by Crippen LogP contribution is -2.28.